The minimum absolute atomic E-state index is 0.00358. The highest BCUT2D eigenvalue weighted by Crippen LogP contribution is 2.08. The highest BCUT2D eigenvalue weighted by molar-refractivity contribution is 14.1. The minimum Gasteiger partial charge on any atom is -0.409 e. The third-order valence-corrected chi connectivity index (χ3v) is 3.21. The molecule has 0 radical (unpaired) electrons. The van der Waals surface area contributed by atoms with Gasteiger partial charge in [0, 0.05) is 9.13 Å². The summed E-state index contributed by atoms with van der Waals surface area (Å²) < 4.78 is 1.06. The third kappa shape index (κ3) is 3.86. The summed E-state index contributed by atoms with van der Waals surface area (Å²) in [5.74, 6) is -0.200. The normalized spacial score (nSPS) is 13.4. The lowest BCUT2D eigenvalue weighted by Gasteiger charge is -2.20. The molecule has 0 aliphatic rings. The van der Waals surface area contributed by atoms with Crippen LogP contribution >= 0.6 is 22.6 Å². The van der Waals surface area contributed by atoms with Crippen LogP contribution in [0.4, 0.5) is 0 Å². The van der Waals surface area contributed by atoms with Crippen molar-refractivity contribution < 1.29 is 10.0 Å². The van der Waals surface area contributed by atoms with Gasteiger partial charge in [-0.2, -0.15) is 0 Å². The zero-order chi connectivity index (χ0) is 13.7. The summed E-state index contributed by atoms with van der Waals surface area (Å²) in [6.07, 6.45) is 0. The highest BCUT2D eigenvalue weighted by Gasteiger charge is 2.21. The number of amidine groups is 1. The smallest absolute Gasteiger partial charge is 0.251 e. The number of rotatable bonds is 4. The van der Waals surface area contributed by atoms with Crippen molar-refractivity contribution in [2.24, 2.45) is 16.8 Å². The molecule has 98 valence electrons. The Hall–Kier alpha value is -1.31. The maximum absolute atomic E-state index is 12.0. The fourth-order valence-corrected chi connectivity index (χ4v) is 1.83. The summed E-state index contributed by atoms with van der Waals surface area (Å²) in [4.78, 5) is 12.0. The maximum atomic E-state index is 12.0. The van der Waals surface area contributed by atoms with E-state index in [9.17, 15) is 4.79 Å². The van der Waals surface area contributed by atoms with Gasteiger partial charge in [-0.1, -0.05) is 19.0 Å². The van der Waals surface area contributed by atoms with E-state index < -0.39 is 6.04 Å². The molecule has 0 saturated carbocycles. The van der Waals surface area contributed by atoms with Crippen LogP contribution in [0, 0.1) is 9.49 Å². The van der Waals surface area contributed by atoms with Gasteiger partial charge in [-0.05, 0) is 52.8 Å². The molecule has 4 N–H and O–H groups in total. The fraction of sp³-hybridized carbons (Fsp3) is 0.333. The predicted molar refractivity (Wildman–Crippen MR) is 78.7 cm³/mol. The van der Waals surface area contributed by atoms with E-state index in [1.165, 1.54) is 0 Å². The number of benzene rings is 1. The molecule has 1 aromatic rings. The Labute approximate surface area is 120 Å². The van der Waals surface area contributed by atoms with E-state index in [1.807, 2.05) is 26.0 Å². The van der Waals surface area contributed by atoms with Crippen molar-refractivity contribution in [2.45, 2.75) is 19.9 Å². The number of hydrogen-bond donors (Lipinski definition) is 3. The number of carbonyl (C=O) groups excluding carboxylic acids is 1. The fourth-order valence-electron chi connectivity index (χ4n) is 1.47. The van der Waals surface area contributed by atoms with Gasteiger partial charge >= 0.3 is 0 Å². The van der Waals surface area contributed by atoms with Gasteiger partial charge < -0.3 is 16.3 Å². The SMILES string of the molecule is CC(C)C(NC(=O)c1ccc(I)cc1)C(N)=NO. The maximum Gasteiger partial charge on any atom is 0.251 e. The lowest BCUT2D eigenvalue weighted by atomic mass is 10.0. The van der Waals surface area contributed by atoms with Gasteiger partial charge in [0.2, 0.25) is 0 Å². The van der Waals surface area contributed by atoms with Crippen LogP contribution in [0.25, 0.3) is 0 Å². The number of oxime groups is 1. The Morgan fingerprint density at radius 1 is 1.39 bits per heavy atom. The summed E-state index contributed by atoms with van der Waals surface area (Å²) >= 11 is 2.17. The highest BCUT2D eigenvalue weighted by atomic mass is 127. The monoisotopic (exact) mass is 361 g/mol. The van der Waals surface area contributed by atoms with E-state index in [4.69, 9.17) is 10.9 Å². The average Bonchev–Trinajstić information content (AvgIpc) is 2.35. The van der Waals surface area contributed by atoms with E-state index in [2.05, 4.69) is 33.1 Å². The number of nitrogens with two attached hydrogens (primary N) is 1. The number of hydrogen-bond acceptors (Lipinski definition) is 3. The van der Waals surface area contributed by atoms with Crippen molar-refractivity contribution in [3.8, 4) is 0 Å². The van der Waals surface area contributed by atoms with Crippen LogP contribution in [0.2, 0.25) is 0 Å². The van der Waals surface area contributed by atoms with Crippen molar-refractivity contribution in [1.29, 1.82) is 0 Å². The molecule has 0 aliphatic carbocycles. The largest absolute Gasteiger partial charge is 0.409 e. The quantitative estimate of drug-likeness (QED) is 0.251. The summed E-state index contributed by atoms with van der Waals surface area (Å²) in [7, 11) is 0. The third-order valence-electron chi connectivity index (χ3n) is 2.49. The molecule has 18 heavy (non-hydrogen) atoms. The first-order valence-electron chi connectivity index (χ1n) is 5.49. The van der Waals surface area contributed by atoms with Crippen LogP contribution in [-0.2, 0) is 0 Å². The van der Waals surface area contributed by atoms with Gasteiger partial charge in [0.25, 0.3) is 5.91 Å². The van der Waals surface area contributed by atoms with Crippen molar-refractivity contribution in [3.63, 3.8) is 0 Å². The second kappa shape index (κ2) is 6.58. The number of halogens is 1. The van der Waals surface area contributed by atoms with E-state index in [0.717, 1.165) is 3.57 Å². The standard InChI is InChI=1S/C12H16IN3O2/c1-7(2)10(11(14)16-18)15-12(17)8-3-5-9(13)6-4-8/h3-7,10,18H,1-2H3,(H2,14,16)(H,15,17). The molecule has 0 saturated heterocycles. The van der Waals surface area contributed by atoms with Gasteiger partial charge in [0.1, 0.15) is 0 Å². The molecule has 0 fully saturated rings. The zero-order valence-corrected chi connectivity index (χ0v) is 12.4. The van der Waals surface area contributed by atoms with Crippen LogP contribution in [-0.4, -0.2) is 23.0 Å². The van der Waals surface area contributed by atoms with Crippen LogP contribution in [0.3, 0.4) is 0 Å². The summed E-state index contributed by atoms with van der Waals surface area (Å²) in [6.45, 7) is 3.77. The molecule has 1 aromatic carbocycles. The first-order chi connectivity index (χ1) is 8.45. The number of carbonyl (C=O) groups is 1. The van der Waals surface area contributed by atoms with Gasteiger partial charge in [0.05, 0.1) is 6.04 Å². The van der Waals surface area contributed by atoms with Crippen molar-refractivity contribution in [2.75, 3.05) is 0 Å². The molecule has 1 unspecified atom stereocenters. The predicted octanol–water partition coefficient (Wildman–Crippen LogP) is 1.79. The summed E-state index contributed by atoms with van der Waals surface area (Å²) in [5.41, 5.74) is 6.10. The Balaban J connectivity index is 2.82. The van der Waals surface area contributed by atoms with Crippen molar-refractivity contribution in [1.82, 2.24) is 5.32 Å². The van der Waals surface area contributed by atoms with Crippen LogP contribution < -0.4 is 11.1 Å². The Bertz CT molecular complexity index is 443. The van der Waals surface area contributed by atoms with Gasteiger partial charge in [0.15, 0.2) is 5.84 Å². The molecule has 0 spiro atoms. The Morgan fingerprint density at radius 2 is 1.94 bits per heavy atom. The lowest BCUT2D eigenvalue weighted by Crippen LogP contribution is -2.47. The Morgan fingerprint density at radius 3 is 2.39 bits per heavy atom. The van der Waals surface area contributed by atoms with Gasteiger partial charge in [-0.3, -0.25) is 4.79 Å². The Kier molecular flexibility index (Phi) is 5.39. The minimum atomic E-state index is -0.484. The van der Waals surface area contributed by atoms with E-state index in [0.29, 0.717) is 5.56 Å². The van der Waals surface area contributed by atoms with Crippen molar-refractivity contribution in [3.05, 3.63) is 33.4 Å². The second-order valence-electron chi connectivity index (χ2n) is 4.23. The summed E-state index contributed by atoms with van der Waals surface area (Å²) in [5, 5.41) is 14.4. The topological polar surface area (TPSA) is 87.7 Å². The molecule has 5 nitrogen and oxygen atoms in total. The average molecular weight is 361 g/mol. The molecule has 0 aliphatic heterocycles. The first-order valence-corrected chi connectivity index (χ1v) is 6.57. The van der Waals surface area contributed by atoms with Crippen LogP contribution in [0.1, 0.15) is 24.2 Å². The number of nitrogens with zero attached hydrogens (tertiary/aromatic N) is 1. The number of amides is 1. The molecule has 1 atom stereocenters. The molecule has 1 amide bonds. The summed E-state index contributed by atoms with van der Waals surface area (Å²) in [6, 6.07) is 6.69. The van der Waals surface area contributed by atoms with E-state index in [-0.39, 0.29) is 17.7 Å². The molecule has 1 rings (SSSR count). The van der Waals surface area contributed by atoms with E-state index >= 15 is 0 Å². The molecule has 0 heterocycles. The zero-order valence-electron chi connectivity index (χ0n) is 10.2. The van der Waals surface area contributed by atoms with Crippen LogP contribution in [0.15, 0.2) is 29.4 Å². The van der Waals surface area contributed by atoms with E-state index in [1.54, 1.807) is 12.1 Å². The second-order valence-corrected chi connectivity index (χ2v) is 5.47. The van der Waals surface area contributed by atoms with Gasteiger partial charge in [-0.15, -0.1) is 0 Å². The molecular weight excluding hydrogens is 345 g/mol. The lowest BCUT2D eigenvalue weighted by molar-refractivity contribution is 0.0939. The molecule has 6 heteroatoms. The van der Waals surface area contributed by atoms with Gasteiger partial charge in [-0.25, -0.2) is 0 Å². The number of nitrogens with one attached hydrogen (secondary N) is 1. The molecular formula is C12H16IN3O2. The molecule has 0 aromatic heterocycles. The molecule has 0 bridgehead atoms. The first kappa shape index (κ1) is 14.7. The van der Waals surface area contributed by atoms with Crippen molar-refractivity contribution >= 4 is 34.3 Å². The van der Waals surface area contributed by atoms with Crippen LogP contribution in [0.5, 0.6) is 0 Å².